The summed E-state index contributed by atoms with van der Waals surface area (Å²) in [4.78, 5) is 15.8. The Balaban J connectivity index is 0.00000133. The normalized spacial score (nSPS) is 14.2. The van der Waals surface area contributed by atoms with Crippen molar-refractivity contribution in [1.29, 1.82) is 0 Å². The van der Waals surface area contributed by atoms with E-state index in [4.69, 9.17) is 11.6 Å². The molecule has 19 heavy (non-hydrogen) atoms. The number of alkyl halides is 1. The molecule has 1 aliphatic rings. The van der Waals surface area contributed by atoms with Gasteiger partial charge in [0.25, 0.3) is 0 Å². The third kappa shape index (κ3) is 2.85. The third-order valence-corrected chi connectivity index (χ3v) is 3.39. The molecule has 0 aliphatic heterocycles. The smallest absolute Gasteiger partial charge is 0.235 e. The highest BCUT2D eigenvalue weighted by atomic mass is 35.5. The quantitative estimate of drug-likeness (QED) is 0.882. The third-order valence-electron chi connectivity index (χ3n) is 3.15. The molecule has 0 saturated heterocycles. The van der Waals surface area contributed by atoms with Crippen LogP contribution in [-0.4, -0.2) is 21.3 Å². The summed E-state index contributed by atoms with van der Waals surface area (Å²) in [5.74, 6) is 0.743. The van der Waals surface area contributed by atoms with Crippen molar-refractivity contribution in [3.63, 3.8) is 0 Å². The monoisotopic (exact) mass is 299 g/mol. The van der Waals surface area contributed by atoms with Crippen molar-refractivity contribution in [1.82, 2.24) is 14.9 Å². The summed E-state index contributed by atoms with van der Waals surface area (Å²) in [6, 6.07) is 8.62. The Morgan fingerprint density at radius 1 is 1.42 bits per heavy atom. The molecule has 4 nitrogen and oxygen atoms in total. The molecule has 1 saturated carbocycles. The topological polar surface area (TPSA) is 46.9 Å². The fraction of sp³-hybridized carbons (Fsp3) is 0.385. The van der Waals surface area contributed by atoms with Crippen LogP contribution in [0, 0.1) is 0 Å². The van der Waals surface area contributed by atoms with Gasteiger partial charge in [0.2, 0.25) is 5.91 Å². The molecule has 0 unspecified atom stereocenters. The molecule has 0 atom stereocenters. The number of carbonyl (C=O) groups excluding carboxylic acids is 1. The molecular weight excluding hydrogens is 285 g/mol. The minimum Gasteiger partial charge on any atom is -0.348 e. The Morgan fingerprint density at radius 3 is 2.84 bits per heavy atom. The minimum absolute atomic E-state index is 0. The van der Waals surface area contributed by atoms with Gasteiger partial charge in [0.05, 0.1) is 17.6 Å². The zero-order valence-electron chi connectivity index (χ0n) is 10.3. The zero-order valence-corrected chi connectivity index (χ0v) is 11.9. The van der Waals surface area contributed by atoms with Crippen LogP contribution in [0.2, 0.25) is 0 Å². The number of nitrogens with zero attached hydrogens (tertiary/aromatic N) is 2. The van der Waals surface area contributed by atoms with E-state index >= 15 is 0 Å². The van der Waals surface area contributed by atoms with Crippen molar-refractivity contribution in [3.05, 3.63) is 30.1 Å². The Kier molecular flexibility index (Phi) is 4.32. The predicted octanol–water partition coefficient (Wildman–Crippen LogP) is 2.65. The lowest BCUT2D eigenvalue weighted by Gasteiger charge is -2.08. The van der Waals surface area contributed by atoms with Gasteiger partial charge < -0.3 is 9.88 Å². The molecule has 1 amide bonds. The van der Waals surface area contributed by atoms with Crippen molar-refractivity contribution in [2.24, 2.45) is 0 Å². The number of imidazole rings is 1. The molecule has 2 aromatic rings. The second kappa shape index (κ2) is 5.80. The van der Waals surface area contributed by atoms with Gasteiger partial charge in [0.15, 0.2) is 0 Å². The zero-order chi connectivity index (χ0) is 12.5. The molecule has 1 fully saturated rings. The maximum Gasteiger partial charge on any atom is 0.235 e. The van der Waals surface area contributed by atoms with Crippen LogP contribution in [-0.2, 0) is 11.3 Å². The molecule has 1 aromatic carbocycles. The fourth-order valence-electron chi connectivity index (χ4n) is 2.18. The number of carbonyl (C=O) groups is 1. The summed E-state index contributed by atoms with van der Waals surface area (Å²) in [5.41, 5.74) is 2.13. The van der Waals surface area contributed by atoms with E-state index in [1.807, 2.05) is 18.2 Å². The van der Waals surface area contributed by atoms with Gasteiger partial charge in [0.1, 0.15) is 11.7 Å². The Bertz CT molecular complexity index is 593. The number of nitrogens with one attached hydrogen (secondary N) is 1. The number of benzene rings is 1. The maximum absolute atomic E-state index is 11.2. The first kappa shape index (κ1) is 14.2. The molecule has 1 aromatic heterocycles. The largest absolute Gasteiger partial charge is 0.348 e. The lowest BCUT2D eigenvalue weighted by atomic mass is 10.3. The lowest BCUT2D eigenvalue weighted by Crippen LogP contribution is -2.25. The van der Waals surface area contributed by atoms with Crippen molar-refractivity contribution in [3.8, 4) is 0 Å². The van der Waals surface area contributed by atoms with E-state index in [0.717, 1.165) is 16.9 Å². The summed E-state index contributed by atoms with van der Waals surface area (Å²) in [5, 5.41) is 2.78. The van der Waals surface area contributed by atoms with Gasteiger partial charge in [-0.25, -0.2) is 4.98 Å². The summed E-state index contributed by atoms with van der Waals surface area (Å²) in [6.45, 7) is 0.441. The second-order valence-electron chi connectivity index (χ2n) is 4.53. The van der Waals surface area contributed by atoms with Crippen LogP contribution in [0.5, 0.6) is 0 Å². The number of aromatic nitrogens is 2. The average molecular weight is 300 g/mol. The van der Waals surface area contributed by atoms with Gasteiger partial charge in [-0.2, -0.15) is 0 Å². The van der Waals surface area contributed by atoms with E-state index in [0.29, 0.717) is 12.6 Å². The van der Waals surface area contributed by atoms with Gasteiger partial charge in [0, 0.05) is 6.04 Å². The average Bonchev–Trinajstić information content (AvgIpc) is 3.16. The second-order valence-corrected chi connectivity index (χ2v) is 4.80. The fourth-order valence-corrected chi connectivity index (χ4v) is 2.28. The van der Waals surface area contributed by atoms with Crippen molar-refractivity contribution in [2.75, 3.05) is 5.88 Å². The summed E-state index contributed by atoms with van der Waals surface area (Å²) in [7, 11) is 0. The maximum atomic E-state index is 11.2. The first-order valence-electron chi connectivity index (χ1n) is 6.08. The number of fused-ring (bicyclic) bond motifs is 1. The SMILES string of the molecule is Cl.O=C(CCl)NCc1nc2ccccc2n1C1CC1. The molecule has 1 heterocycles. The van der Waals surface area contributed by atoms with Crippen molar-refractivity contribution >= 4 is 40.9 Å². The van der Waals surface area contributed by atoms with Crippen LogP contribution < -0.4 is 5.32 Å². The van der Waals surface area contributed by atoms with Gasteiger partial charge in [-0.3, -0.25) is 4.79 Å². The van der Waals surface area contributed by atoms with E-state index in [1.165, 1.54) is 12.8 Å². The molecular formula is C13H15Cl2N3O. The van der Waals surface area contributed by atoms with Crippen molar-refractivity contribution < 1.29 is 4.79 Å². The molecule has 0 radical (unpaired) electrons. The molecule has 102 valence electrons. The number of amides is 1. The van der Waals surface area contributed by atoms with E-state index in [1.54, 1.807) is 0 Å². The first-order chi connectivity index (χ1) is 8.79. The Hall–Kier alpha value is -1.26. The number of hydrogen-bond donors (Lipinski definition) is 1. The van der Waals surface area contributed by atoms with Gasteiger partial charge in [-0.15, -0.1) is 24.0 Å². The molecule has 0 spiro atoms. The van der Waals surface area contributed by atoms with Crippen LogP contribution >= 0.6 is 24.0 Å². The first-order valence-corrected chi connectivity index (χ1v) is 6.61. The molecule has 6 heteroatoms. The van der Waals surface area contributed by atoms with Gasteiger partial charge >= 0.3 is 0 Å². The highest BCUT2D eigenvalue weighted by Crippen LogP contribution is 2.38. The van der Waals surface area contributed by atoms with Gasteiger partial charge in [-0.1, -0.05) is 12.1 Å². The van der Waals surface area contributed by atoms with Gasteiger partial charge in [-0.05, 0) is 25.0 Å². The molecule has 3 rings (SSSR count). The van der Waals surface area contributed by atoms with Crippen LogP contribution in [0.15, 0.2) is 24.3 Å². The molecule has 0 bridgehead atoms. The molecule has 1 aliphatic carbocycles. The lowest BCUT2D eigenvalue weighted by molar-refractivity contribution is -0.118. The minimum atomic E-state index is -0.161. The Labute approximate surface area is 122 Å². The van der Waals surface area contributed by atoms with E-state index in [-0.39, 0.29) is 24.2 Å². The Morgan fingerprint density at radius 2 is 2.16 bits per heavy atom. The van der Waals surface area contributed by atoms with Crippen molar-refractivity contribution in [2.45, 2.75) is 25.4 Å². The van der Waals surface area contributed by atoms with E-state index in [9.17, 15) is 4.79 Å². The van der Waals surface area contributed by atoms with Crippen LogP contribution in [0.25, 0.3) is 11.0 Å². The summed E-state index contributed by atoms with van der Waals surface area (Å²) in [6.07, 6.45) is 2.38. The predicted molar refractivity (Wildman–Crippen MR) is 77.8 cm³/mol. The van der Waals surface area contributed by atoms with Crippen LogP contribution in [0.3, 0.4) is 0 Å². The highest BCUT2D eigenvalue weighted by molar-refractivity contribution is 6.27. The van der Waals surface area contributed by atoms with Crippen LogP contribution in [0.4, 0.5) is 0 Å². The van der Waals surface area contributed by atoms with E-state index in [2.05, 4.69) is 20.9 Å². The highest BCUT2D eigenvalue weighted by Gasteiger charge is 2.27. The summed E-state index contributed by atoms with van der Waals surface area (Å²) >= 11 is 5.47. The van der Waals surface area contributed by atoms with Crippen LogP contribution in [0.1, 0.15) is 24.7 Å². The molecule has 1 N–H and O–H groups in total. The number of para-hydroxylation sites is 2. The summed E-state index contributed by atoms with van der Waals surface area (Å²) < 4.78 is 2.24. The number of halogens is 2. The standard InChI is InChI=1S/C13H14ClN3O.ClH/c14-7-13(18)15-8-12-16-10-3-1-2-4-11(10)17(12)9-5-6-9;/h1-4,9H,5-8H2,(H,15,18);1H. The van der Waals surface area contributed by atoms with E-state index < -0.39 is 0 Å². The number of hydrogen-bond acceptors (Lipinski definition) is 2. The number of rotatable bonds is 4.